The SMILES string of the molecule is COC(=O)c1ccc(COC2CCCNC2)cc1.Cl. The van der Waals surface area contributed by atoms with Gasteiger partial charge in [-0.2, -0.15) is 0 Å². The number of rotatable bonds is 4. The molecule has 5 heteroatoms. The summed E-state index contributed by atoms with van der Waals surface area (Å²) in [6.07, 6.45) is 2.60. The van der Waals surface area contributed by atoms with Gasteiger partial charge in [0.05, 0.1) is 25.4 Å². The molecule has 19 heavy (non-hydrogen) atoms. The Bertz CT molecular complexity index is 388. The Labute approximate surface area is 119 Å². The number of carbonyl (C=O) groups excluding carboxylic acids is 1. The number of ether oxygens (including phenoxy) is 2. The minimum Gasteiger partial charge on any atom is -0.465 e. The molecular weight excluding hydrogens is 266 g/mol. The van der Waals surface area contributed by atoms with Crippen LogP contribution in [0.2, 0.25) is 0 Å². The van der Waals surface area contributed by atoms with Crippen molar-refractivity contribution in [2.75, 3.05) is 20.2 Å². The molecule has 1 unspecified atom stereocenters. The molecule has 1 atom stereocenters. The van der Waals surface area contributed by atoms with Gasteiger partial charge in [0.1, 0.15) is 0 Å². The quantitative estimate of drug-likeness (QED) is 0.861. The molecule has 0 radical (unpaired) electrons. The van der Waals surface area contributed by atoms with E-state index in [4.69, 9.17) is 4.74 Å². The topological polar surface area (TPSA) is 47.6 Å². The molecule has 1 aliphatic heterocycles. The molecule has 1 heterocycles. The minimum absolute atomic E-state index is 0. The molecule has 1 aliphatic rings. The van der Waals surface area contributed by atoms with E-state index in [2.05, 4.69) is 10.1 Å². The molecule has 1 aromatic carbocycles. The van der Waals surface area contributed by atoms with Crippen molar-refractivity contribution in [3.05, 3.63) is 35.4 Å². The zero-order valence-electron chi connectivity index (χ0n) is 11.1. The van der Waals surface area contributed by atoms with Crippen LogP contribution in [0.3, 0.4) is 0 Å². The van der Waals surface area contributed by atoms with Crippen molar-refractivity contribution in [3.8, 4) is 0 Å². The van der Waals surface area contributed by atoms with Crippen LogP contribution in [0.4, 0.5) is 0 Å². The summed E-state index contributed by atoms with van der Waals surface area (Å²) in [6.45, 7) is 2.61. The molecule has 0 bridgehead atoms. The highest BCUT2D eigenvalue weighted by Crippen LogP contribution is 2.11. The monoisotopic (exact) mass is 285 g/mol. The van der Waals surface area contributed by atoms with Crippen LogP contribution in [-0.2, 0) is 16.1 Å². The van der Waals surface area contributed by atoms with Gasteiger partial charge in [-0.15, -0.1) is 12.4 Å². The maximum atomic E-state index is 11.3. The summed E-state index contributed by atoms with van der Waals surface area (Å²) < 4.78 is 10.5. The van der Waals surface area contributed by atoms with Crippen molar-refractivity contribution in [3.63, 3.8) is 0 Å². The third-order valence-electron chi connectivity index (χ3n) is 3.11. The van der Waals surface area contributed by atoms with Gasteiger partial charge in [-0.3, -0.25) is 0 Å². The molecular formula is C14H20ClNO3. The van der Waals surface area contributed by atoms with Gasteiger partial charge in [-0.25, -0.2) is 4.79 Å². The van der Waals surface area contributed by atoms with Crippen molar-refractivity contribution in [1.82, 2.24) is 5.32 Å². The molecule has 2 rings (SSSR count). The largest absolute Gasteiger partial charge is 0.465 e. The number of hydrogen-bond acceptors (Lipinski definition) is 4. The third-order valence-corrected chi connectivity index (χ3v) is 3.11. The first-order chi connectivity index (χ1) is 8.79. The second-order valence-corrected chi connectivity index (χ2v) is 4.47. The zero-order valence-corrected chi connectivity index (χ0v) is 11.9. The molecule has 0 aromatic heterocycles. The Kier molecular flexibility index (Phi) is 6.84. The number of benzene rings is 1. The number of halogens is 1. The Morgan fingerprint density at radius 3 is 2.68 bits per heavy atom. The molecule has 1 aromatic rings. The average Bonchev–Trinajstić information content (AvgIpc) is 2.46. The van der Waals surface area contributed by atoms with E-state index in [0.29, 0.717) is 18.3 Å². The molecule has 0 aliphatic carbocycles. The maximum Gasteiger partial charge on any atom is 0.337 e. The third kappa shape index (κ3) is 4.82. The van der Waals surface area contributed by atoms with Crippen molar-refractivity contribution < 1.29 is 14.3 Å². The van der Waals surface area contributed by atoms with Gasteiger partial charge < -0.3 is 14.8 Å². The predicted molar refractivity (Wildman–Crippen MR) is 75.7 cm³/mol. The lowest BCUT2D eigenvalue weighted by Crippen LogP contribution is -2.35. The van der Waals surface area contributed by atoms with E-state index < -0.39 is 0 Å². The highest BCUT2D eigenvalue weighted by molar-refractivity contribution is 5.89. The van der Waals surface area contributed by atoms with Gasteiger partial charge >= 0.3 is 5.97 Å². The highest BCUT2D eigenvalue weighted by Gasteiger charge is 2.13. The van der Waals surface area contributed by atoms with Gasteiger partial charge in [-0.1, -0.05) is 12.1 Å². The maximum absolute atomic E-state index is 11.3. The summed E-state index contributed by atoms with van der Waals surface area (Å²) >= 11 is 0. The smallest absolute Gasteiger partial charge is 0.337 e. The van der Waals surface area contributed by atoms with Crippen LogP contribution in [0.5, 0.6) is 0 Å². The summed E-state index contributed by atoms with van der Waals surface area (Å²) in [7, 11) is 1.38. The molecule has 1 N–H and O–H groups in total. The number of nitrogens with one attached hydrogen (secondary N) is 1. The lowest BCUT2D eigenvalue weighted by molar-refractivity contribution is 0.0252. The first kappa shape index (κ1) is 16.0. The lowest BCUT2D eigenvalue weighted by Gasteiger charge is -2.23. The molecule has 0 saturated carbocycles. The standard InChI is InChI=1S/C14H19NO3.ClH/c1-17-14(16)12-6-4-11(5-7-12)10-18-13-3-2-8-15-9-13;/h4-7,13,15H,2-3,8-10H2,1H3;1H. The molecule has 1 saturated heterocycles. The van der Waals surface area contributed by atoms with Crippen LogP contribution >= 0.6 is 12.4 Å². The number of piperidine rings is 1. The first-order valence-electron chi connectivity index (χ1n) is 6.29. The fourth-order valence-corrected chi connectivity index (χ4v) is 2.03. The minimum atomic E-state index is -0.307. The number of esters is 1. The van der Waals surface area contributed by atoms with Crippen molar-refractivity contribution in [2.24, 2.45) is 0 Å². The van der Waals surface area contributed by atoms with E-state index in [1.54, 1.807) is 12.1 Å². The second-order valence-electron chi connectivity index (χ2n) is 4.47. The van der Waals surface area contributed by atoms with Gasteiger partial charge in [-0.05, 0) is 37.1 Å². The Hall–Kier alpha value is -1.10. The Morgan fingerprint density at radius 1 is 1.37 bits per heavy atom. The van der Waals surface area contributed by atoms with E-state index >= 15 is 0 Å². The molecule has 0 spiro atoms. The van der Waals surface area contributed by atoms with Crippen LogP contribution in [0.15, 0.2) is 24.3 Å². The highest BCUT2D eigenvalue weighted by atomic mass is 35.5. The fraction of sp³-hybridized carbons (Fsp3) is 0.500. The van der Waals surface area contributed by atoms with Gasteiger partial charge in [0.25, 0.3) is 0 Å². The summed E-state index contributed by atoms with van der Waals surface area (Å²) in [4.78, 5) is 11.3. The normalized spacial score (nSPS) is 18.5. The van der Waals surface area contributed by atoms with Crippen molar-refractivity contribution >= 4 is 18.4 Å². The summed E-state index contributed by atoms with van der Waals surface area (Å²) in [5.41, 5.74) is 1.65. The van der Waals surface area contributed by atoms with Gasteiger partial charge in [0, 0.05) is 6.54 Å². The van der Waals surface area contributed by atoms with Crippen LogP contribution in [0.25, 0.3) is 0 Å². The van der Waals surface area contributed by atoms with E-state index in [-0.39, 0.29) is 18.4 Å². The predicted octanol–water partition coefficient (Wildman–Crippen LogP) is 2.16. The van der Waals surface area contributed by atoms with Crippen LogP contribution in [-0.4, -0.2) is 32.3 Å². The number of methoxy groups -OCH3 is 1. The van der Waals surface area contributed by atoms with E-state index in [9.17, 15) is 4.79 Å². The number of carbonyl (C=O) groups is 1. The van der Waals surface area contributed by atoms with E-state index in [0.717, 1.165) is 25.1 Å². The van der Waals surface area contributed by atoms with Crippen LogP contribution < -0.4 is 5.32 Å². The van der Waals surface area contributed by atoms with Crippen molar-refractivity contribution in [2.45, 2.75) is 25.6 Å². The molecule has 106 valence electrons. The summed E-state index contributed by atoms with van der Waals surface area (Å²) in [5.74, 6) is -0.307. The summed E-state index contributed by atoms with van der Waals surface area (Å²) in [5, 5.41) is 3.32. The molecule has 4 nitrogen and oxygen atoms in total. The fourth-order valence-electron chi connectivity index (χ4n) is 2.03. The van der Waals surface area contributed by atoms with Crippen molar-refractivity contribution in [1.29, 1.82) is 0 Å². The first-order valence-corrected chi connectivity index (χ1v) is 6.29. The van der Waals surface area contributed by atoms with Gasteiger partial charge in [0.2, 0.25) is 0 Å². The van der Waals surface area contributed by atoms with Crippen LogP contribution in [0, 0.1) is 0 Å². The number of hydrogen-bond donors (Lipinski definition) is 1. The molecule has 0 amide bonds. The summed E-state index contributed by atoms with van der Waals surface area (Å²) in [6, 6.07) is 7.35. The van der Waals surface area contributed by atoms with Gasteiger partial charge in [0.15, 0.2) is 0 Å². The van der Waals surface area contributed by atoms with Crippen LogP contribution in [0.1, 0.15) is 28.8 Å². The second kappa shape index (κ2) is 8.15. The Balaban J connectivity index is 0.00000180. The Morgan fingerprint density at radius 2 is 2.11 bits per heavy atom. The van der Waals surface area contributed by atoms with E-state index in [1.165, 1.54) is 13.5 Å². The average molecular weight is 286 g/mol. The zero-order chi connectivity index (χ0) is 12.8. The molecule has 1 fully saturated rings. The van der Waals surface area contributed by atoms with E-state index in [1.807, 2.05) is 12.1 Å². The lowest BCUT2D eigenvalue weighted by atomic mass is 10.1.